The van der Waals surface area contributed by atoms with E-state index >= 15 is 0 Å². The molecule has 0 aliphatic carbocycles. The Bertz CT molecular complexity index is 665. The Morgan fingerprint density at radius 3 is 2.48 bits per heavy atom. The molecule has 1 aromatic rings. The monoisotopic (exact) mass is 340 g/mol. The highest BCUT2D eigenvalue weighted by molar-refractivity contribution is 7.89. The molecule has 0 bridgehead atoms. The molecule has 0 spiro atoms. The molecular formula is C12H15ClF2N2O3S. The summed E-state index contributed by atoms with van der Waals surface area (Å²) in [4.78, 5) is 12.2. The normalized spacial score (nSPS) is 11.5. The maximum atomic E-state index is 13.6. The smallest absolute Gasteiger partial charge is 0.255 e. The minimum absolute atomic E-state index is 0.370. The van der Waals surface area contributed by atoms with Crippen LogP contribution in [0, 0.1) is 11.6 Å². The minimum Gasteiger partial charge on any atom is -0.342 e. The van der Waals surface area contributed by atoms with E-state index in [1.54, 1.807) is 0 Å². The van der Waals surface area contributed by atoms with E-state index in [0.29, 0.717) is 19.0 Å². The topological polar surface area (TPSA) is 80.5 Å². The van der Waals surface area contributed by atoms with Crippen molar-refractivity contribution in [3.8, 4) is 0 Å². The molecule has 118 valence electrons. The summed E-state index contributed by atoms with van der Waals surface area (Å²) in [7, 11) is -3.15. The van der Waals surface area contributed by atoms with E-state index in [0.717, 1.165) is 6.42 Å². The molecule has 0 radical (unpaired) electrons. The molecule has 1 aromatic carbocycles. The van der Waals surface area contributed by atoms with E-state index in [2.05, 4.69) is 0 Å². The number of primary sulfonamides is 1. The second-order valence-electron chi connectivity index (χ2n) is 4.49. The number of hydrogen-bond acceptors (Lipinski definition) is 3. The van der Waals surface area contributed by atoms with Crippen LogP contribution in [0.3, 0.4) is 0 Å². The van der Waals surface area contributed by atoms with Gasteiger partial charge in [0.15, 0.2) is 11.6 Å². The third-order valence-corrected chi connectivity index (χ3v) is 4.28. The van der Waals surface area contributed by atoms with Crippen molar-refractivity contribution in [2.75, 3.05) is 13.6 Å². The van der Waals surface area contributed by atoms with Gasteiger partial charge in [-0.15, -0.1) is 0 Å². The Morgan fingerprint density at radius 1 is 1.43 bits per heavy atom. The fourth-order valence-electron chi connectivity index (χ4n) is 1.69. The highest BCUT2D eigenvalue weighted by atomic mass is 35.5. The summed E-state index contributed by atoms with van der Waals surface area (Å²) < 4.78 is 49.7. The molecule has 0 saturated carbocycles. The van der Waals surface area contributed by atoms with Gasteiger partial charge >= 0.3 is 0 Å². The summed E-state index contributed by atoms with van der Waals surface area (Å²) in [5.41, 5.74) is -0.446. The number of nitrogens with zero attached hydrogens (tertiary/aromatic N) is 1. The Balaban J connectivity index is 3.39. The number of nitrogens with two attached hydrogens (primary N) is 1. The van der Waals surface area contributed by atoms with Crippen LogP contribution in [0.5, 0.6) is 0 Å². The van der Waals surface area contributed by atoms with E-state index < -0.39 is 43.0 Å². The van der Waals surface area contributed by atoms with Crippen LogP contribution < -0.4 is 5.14 Å². The third kappa shape index (κ3) is 3.90. The minimum atomic E-state index is -4.60. The third-order valence-electron chi connectivity index (χ3n) is 2.82. The first-order chi connectivity index (χ1) is 9.61. The predicted octanol–water partition coefficient (Wildman–Crippen LogP) is 2.14. The molecule has 0 heterocycles. The number of halogens is 3. The van der Waals surface area contributed by atoms with Crippen LogP contribution in [0.25, 0.3) is 0 Å². The quantitative estimate of drug-likeness (QED) is 0.834. The number of amides is 1. The van der Waals surface area contributed by atoms with Crippen molar-refractivity contribution in [2.45, 2.75) is 24.7 Å². The lowest BCUT2D eigenvalue weighted by molar-refractivity contribution is 0.0792. The maximum absolute atomic E-state index is 13.6. The van der Waals surface area contributed by atoms with Gasteiger partial charge in [0, 0.05) is 13.6 Å². The maximum Gasteiger partial charge on any atom is 0.255 e. The summed E-state index contributed by atoms with van der Waals surface area (Å²) >= 11 is 5.73. The molecule has 1 rings (SSSR count). The zero-order valence-corrected chi connectivity index (χ0v) is 13.1. The van der Waals surface area contributed by atoms with E-state index in [1.165, 1.54) is 11.9 Å². The van der Waals surface area contributed by atoms with Gasteiger partial charge in [-0.05, 0) is 12.5 Å². The Hall–Kier alpha value is -1.25. The predicted molar refractivity (Wildman–Crippen MR) is 74.6 cm³/mol. The van der Waals surface area contributed by atoms with Crippen molar-refractivity contribution in [1.82, 2.24) is 4.90 Å². The average molecular weight is 341 g/mol. The SMILES string of the molecule is CCCCN(C)C(=O)c1cc(F)c(F)c(S(N)(=O)=O)c1Cl. The standard InChI is InChI=1S/C12H15ClF2N2O3S/c1-3-4-5-17(2)12(18)7-6-8(14)10(15)11(9(7)13)21(16,19)20/h6H,3-5H2,1-2H3,(H2,16,19,20). The van der Waals surface area contributed by atoms with Gasteiger partial charge in [-0.25, -0.2) is 22.3 Å². The molecule has 9 heteroatoms. The van der Waals surface area contributed by atoms with Crippen LogP contribution in [-0.2, 0) is 10.0 Å². The highest BCUT2D eigenvalue weighted by Gasteiger charge is 2.28. The van der Waals surface area contributed by atoms with Crippen LogP contribution >= 0.6 is 11.6 Å². The van der Waals surface area contributed by atoms with Gasteiger partial charge in [-0.2, -0.15) is 0 Å². The molecule has 0 aliphatic rings. The van der Waals surface area contributed by atoms with Crippen molar-refractivity contribution in [2.24, 2.45) is 5.14 Å². The second kappa shape index (κ2) is 6.67. The number of carbonyl (C=O) groups excluding carboxylic acids is 1. The molecular weight excluding hydrogens is 326 g/mol. The van der Waals surface area contributed by atoms with Gasteiger partial charge in [0.05, 0.1) is 10.6 Å². The lowest BCUT2D eigenvalue weighted by atomic mass is 10.1. The van der Waals surface area contributed by atoms with Gasteiger partial charge in [-0.1, -0.05) is 24.9 Å². The number of benzene rings is 1. The number of carbonyl (C=O) groups is 1. The van der Waals surface area contributed by atoms with Crippen molar-refractivity contribution in [1.29, 1.82) is 0 Å². The molecule has 5 nitrogen and oxygen atoms in total. The molecule has 0 saturated heterocycles. The summed E-state index contributed by atoms with van der Waals surface area (Å²) in [6.07, 6.45) is 1.52. The molecule has 0 aromatic heterocycles. The van der Waals surface area contributed by atoms with Crippen molar-refractivity contribution >= 4 is 27.5 Å². The first kappa shape index (κ1) is 17.8. The number of sulfonamides is 1. The van der Waals surface area contributed by atoms with Crippen LogP contribution in [-0.4, -0.2) is 32.8 Å². The molecule has 0 aliphatic heterocycles. The Morgan fingerprint density at radius 2 is 2.00 bits per heavy atom. The summed E-state index contributed by atoms with van der Waals surface area (Å²) in [5, 5.41) is 4.09. The van der Waals surface area contributed by atoms with Gasteiger partial charge < -0.3 is 4.90 Å². The summed E-state index contributed by atoms with van der Waals surface area (Å²) in [5.74, 6) is -3.91. The molecule has 0 atom stereocenters. The second-order valence-corrected chi connectivity index (χ2v) is 6.36. The first-order valence-electron chi connectivity index (χ1n) is 6.07. The van der Waals surface area contributed by atoms with Gasteiger partial charge in [0.2, 0.25) is 10.0 Å². The van der Waals surface area contributed by atoms with Crippen molar-refractivity contribution < 1.29 is 22.0 Å². The number of rotatable bonds is 5. The fraction of sp³-hybridized carbons (Fsp3) is 0.417. The summed E-state index contributed by atoms with van der Waals surface area (Å²) in [6.45, 7) is 2.29. The van der Waals surface area contributed by atoms with Gasteiger partial charge in [-0.3, -0.25) is 4.79 Å². The largest absolute Gasteiger partial charge is 0.342 e. The first-order valence-corrected chi connectivity index (χ1v) is 7.99. The number of unbranched alkanes of at least 4 members (excludes halogenated alkanes) is 1. The zero-order valence-electron chi connectivity index (χ0n) is 11.5. The zero-order chi connectivity index (χ0) is 16.4. The van der Waals surface area contributed by atoms with Gasteiger partial charge in [0.25, 0.3) is 5.91 Å². The van der Waals surface area contributed by atoms with Crippen LogP contribution in [0.1, 0.15) is 30.1 Å². The van der Waals surface area contributed by atoms with E-state index in [1.807, 2.05) is 6.92 Å². The highest BCUT2D eigenvalue weighted by Crippen LogP contribution is 2.30. The van der Waals surface area contributed by atoms with E-state index in [-0.39, 0.29) is 0 Å². The van der Waals surface area contributed by atoms with E-state index in [9.17, 15) is 22.0 Å². The lowest BCUT2D eigenvalue weighted by Crippen LogP contribution is -2.29. The Kier molecular flexibility index (Phi) is 5.66. The van der Waals surface area contributed by atoms with E-state index in [4.69, 9.17) is 16.7 Å². The van der Waals surface area contributed by atoms with Crippen LogP contribution in [0.2, 0.25) is 5.02 Å². The average Bonchev–Trinajstić information content (AvgIpc) is 2.38. The molecule has 1 amide bonds. The molecule has 0 fully saturated rings. The number of hydrogen-bond donors (Lipinski definition) is 1. The molecule has 0 unspecified atom stereocenters. The molecule has 2 N–H and O–H groups in total. The lowest BCUT2D eigenvalue weighted by Gasteiger charge is -2.18. The van der Waals surface area contributed by atoms with Crippen LogP contribution in [0.15, 0.2) is 11.0 Å². The fourth-order valence-corrected chi connectivity index (χ4v) is 2.94. The van der Waals surface area contributed by atoms with Crippen molar-refractivity contribution in [3.63, 3.8) is 0 Å². The van der Waals surface area contributed by atoms with Crippen molar-refractivity contribution in [3.05, 3.63) is 28.3 Å². The van der Waals surface area contributed by atoms with Gasteiger partial charge in [0.1, 0.15) is 4.90 Å². The molecule has 21 heavy (non-hydrogen) atoms. The summed E-state index contributed by atoms with van der Waals surface area (Å²) in [6, 6.07) is 0.567. The van der Waals surface area contributed by atoms with Crippen LogP contribution in [0.4, 0.5) is 8.78 Å². The Labute approximate surface area is 126 Å².